The molecule has 0 aliphatic rings. The maximum atomic E-state index is 13.5. The van der Waals surface area contributed by atoms with Crippen molar-refractivity contribution in [1.29, 1.82) is 0 Å². The Morgan fingerprint density at radius 1 is 0.544 bits per heavy atom. The van der Waals surface area contributed by atoms with Gasteiger partial charge < -0.3 is 19.4 Å². The SMILES string of the molecule is CC/C=C/C/C=C/C/C=C/CCCCCCC(=O)OC(/C=C/CCCCCCCCCCCC)C(COP(=O)(O)OCC[N+](C)(C)C)NC(=O)CCCCC/C=C/C=C/CCCCCCCCC. The molecule has 394 valence electrons. The quantitative estimate of drug-likeness (QED) is 0.0156. The maximum absolute atomic E-state index is 13.5. The summed E-state index contributed by atoms with van der Waals surface area (Å²) in [7, 11) is 1.46. The van der Waals surface area contributed by atoms with E-state index in [4.69, 9.17) is 13.8 Å². The van der Waals surface area contributed by atoms with Gasteiger partial charge in [0.25, 0.3) is 0 Å². The van der Waals surface area contributed by atoms with Crippen molar-refractivity contribution >= 4 is 19.7 Å². The van der Waals surface area contributed by atoms with Crippen LogP contribution in [-0.4, -0.2) is 74.3 Å². The Balaban J connectivity index is 5.47. The van der Waals surface area contributed by atoms with Crippen molar-refractivity contribution in [2.24, 2.45) is 0 Å². The number of likely N-dealkylation sites (N-methyl/N-ethyl adjacent to an activating group) is 1. The highest BCUT2D eigenvalue weighted by Crippen LogP contribution is 2.43. The molecule has 0 aliphatic heterocycles. The molecule has 0 aromatic carbocycles. The first-order chi connectivity index (χ1) is 32.9. The van der Waals surface area contributed by atoms with Gasteiger partial charge in [-0.15, -0.1) is 0 Å². The summed E-state index contributed by atoms with van der Waals surface area (Å²) in [6, 6.07) is -0.872. The number of carbonyl (C=O) groups is 2. The Morgan fingerprint density at radius 2 is 0.985 bits per heavy atom. The van der Waals surface area contributed by atoms with Crippen LogP contribution in [0.2, 0.25) is 0 Å². The van der Waals surface area contributed by atoms with Crippen LogP contribution < -0.4 is 5.32 Å². The molecule has 3 atom stereocenters. The highest BCUT2D eigenvalue weighted by molar-refractivity contribution is 7.47. The average molecular weight is 974 g/mol. The van der Waals surface area contributed by atoms with Crippen LogP contribution in [-0.2, 0) is 27.9 Å². The topological polar surface area (TPSA) is 111 Å². The Labute approximate surface area is 419 Å². The van der Waals surface area contributed by atoms with Gasteiger partial charge in [-0.2, -0.15) is 0 Å². The Hall–Kier alpha value is -2.55. The van der Waals surface area contributed by atoms with E-state index in [2.05, 4.69) is 86.8 Å². The van der Waals surface area contributed by atoms with E-state index in [9.17, 15) is 19.0 Å². The van der Waals surface area contributed by atoms with Gasteiger partial charge in [-0.1, -0.05) is 203 Å². The lowest BCUT2D eigenvalue weighted by Crippen LogP contribution is -2.47. The second kappa shape index (κ2) is 48.1. The molecule has 1 amide bonds. The molecule has 0 aromatic heterocycles. The molecule has 0 aliphatic carbocycles. The molecular weight excluding hydrogens is 868 g/mol. The van der Waals surface area contributed by atoms with Gasteiger partial charge in [-0.25, -0.2) is 4.57 Å². The summed E-state index contributed by atoms with van der Waals surface area (Å²) in [5.74, 6) is -0.565. The third-order valence-corrected chi connectivity index (χ3v) is 12.9. The van der Waals surface area contributed by atoms with E-state index in [0.29, 0.717) is 30.3 Å². The molecule has 0 radical (unpaired) electrons. The van der Waals surface area contributed by atoms with Crippen LogP contribution in [0.5, 0.6) is 0 Å². The zero-order valence-corrected chi connectivity index (χ0v) is 45.7. The zero-order valence-electron chi connectivity index (χ0n) is 44.8. The number of rotatable bonds is 49. The molecule has 9 nitrogen and oxygen atoms in total. The third kappa shape index (κ3) is 48.5. The number of amides is 1. The van der Waals surface area contributed by atoms with Gasteiger partial charge in [0.15, 0.2) is 0 Å². The third-order valence-electron chi connectivity index (χ3n) is 11.9. The number of unbranched alkanes of at least 4 members (excludes halogenated alkanes) is 24. The summed E-state index contributed by atoms with van der Waals surface area (Å²) in [4.78, 5) is 37.5. The molecule has 0 heterocycles. The van der Waals surface area contributed by atoms with Gasteiger partial charge in [0, 0.05) is 12.8 Å². The van der Waals surface area contributed by atoms with Gasteiger partial charge in [0.2, 0.25) is 5.91 Å². The van der Waals surface area contributed by atoms with Crippen molar-refractivity contribution in [1.82, 2.24) is 5.32 Å². The van der Waals surface area contributed by atoms with Crippen molar-refractivity contribution in [3.63, 3.8) is 0 Å². The Bertz CT molecular complexity index is 1400. The maximum Gasteiger partial charge on any atom is 0.472 e. The minimum atomic E-state index is -4.46. The summed E-state index contributed by atoms with van der Waals surface area (Å²) < 4.78 is 30.5. The number of nitrogens with one attached hydrogen (secondary N) is 1. The first-order valence-electron chi connectivity index (χ1n) is 27.8. The average Bonchev–Trinajstić information content (AvgIpc) is 3.29. The van der Waals surface area contributed by atoms with E-state index in [1.54, 1.807) is 0 Å². The zero-order chi connectivity index (χ0) is 50.1. The fourth-order valence-electron chi connectivity index (χ4n) is 7.59. The molecule has 3 unspecified atom stereocenters. The molecule has 0 bridgehead atoms. The largest absolute Gasteiger partial charge is 0.472 e. The van der Waals surface area contributed by atoms with E-state index in [-0.39, 0.29) is 31.5 Å². The predicted octanol–water partition coefficient (Wildman–Crippen LogP) is 16.5. The summed E-state index contributed by atoms with van der Waals surface area (Å²) in [6.07, 6.45) is 60.4. The summed E-state index contributed by atoms with van der Waals surface area (Å²) >= 11 is 0. The lowest BCUT2D eigenvalue weighted by Gasteiger charge is -2.27. The molecule has 68 heavy (non-hydrogen) atoms. The minimum absolute atomic E-state index is 0.0288. The highest BCUT2D eigenvalue weighted by atomic mass is 31.2. The monoisotopic (exact) mass is 974 g/mol. The number of ether oxygens (including phenoxy) is 1. The van der Waals surface area contributed by atoms with Gasteiger partial charge in [0.05, 0.1) is 33.8 Å². The van der Waals surface area contributed by atoms with Crippen LogP contribution in [0, 0.1) is 0 Å². The fourth-order valence-corrected chi connectivity index (χ4v) is 8.33. The van der Waals surface area contributed by atoms with Crippen molar-refractivity contribution in [2.75, 3.05) is 40.9 Å². The summed E-state index contributed by atoms with van der Waals surface area (Å²) in [5, 5.41) is 3.02. The number of hydrogen-bond acceptors (Lipinski definition) is 6. The lowest BCUT2D eigenvalue weighted by atomic mass is 10.1. The van der Waals surface area contributed by atoms with Gasteiger partial charge >= 0.3 is 13.8 Å². The molecule has 0 aromatic rings. The molecule has 2 N–H and O–H groups in total. The first-order valence-corrected chi connectivity index (χ1v) is 29.3. The lowest BCUT2D eigenvalue weighted by molar-refractivity contribution is -0.870. The molecule has 0 saturated carbocycles. The molecule has 0 fully saturated rings. The van der Waals surface area contributed by atoms with Crippen LogP contribution >= 0.6 is 7.82 Å². The number of allylic oxidation sites excluding steroid dienone is 11. The van der Waals surface area contributed by atoms with E-state index < -0.39 is 20.0 Å². The van der Waals surface area contributed by atoms with Crippen LogP contribution in [0.25, 0.3) is 0 Å². The number of phosphoric ester groups is 1. The molecule has 0 spiro atoms. The second-order valence-electron chi connectivity index (χ2n) is 19.8. The number of quaternary nitrogens is 1. The normalized spacial score (nSPS) is 14.4. The van der Waals surface area contributed by atoms with E-state index in [1.807, 2.05) is 33.3 Å². The van der Waals surface area contributed by atoms with Crippen molar-refractivity contribution in [3.8, 4) is 0 Å². The van der Waals surface area contributed by atoms with Crippen molar-refractivity contribution in [2.45, 2.75) is 245 Å². The highest BCUT2D eigenvalue weighted by Gasteiger charge is 2.30. The Morgan fingerprint density at radius 3 is 1.51 bits per heavy atom. The smallest absolute Gasteiger partial charge is 0.456 e. The van der Waals surface area contributed by atoms with Crippen LogP contribution in [0.3, 0.4) is 0 Å². The van der Waals surface area contributed by atoms with Gasteiger partial charge in [-0.3, -0.25) is 18.6 Å². The van der Waals surface area contributed by atoms with Crippen LogP contribution in [0.1, 0.15) is 233 Å². The van der Waals surface area contributed by atoms with E-state index >= 15 is 0 Å². The van der Waals surface area contributed by atoms with E-state index in [0.717, 1.165) is 89.9 Å². The molecule has 10 heteroatoms. The minimum Gasteiger partial charge on any atom is -0.456 e. The number of phosphoric acid groups is 1. The molecule has 0 saturated heterocycles. The van der Waals surface area contributed by atoms with Crippen LogP contribution in [0.4, 0.5) is 0 Å². The number of esters is 1. The van der Waals surface area contributed by atoms with Gasteiger partial charge in [0.1, 0.15) is 19.3 Å². The number of hydrogen-bond donors (Lipinski definition) is 2. The number of carbonyl (C=O) groups excluding carboxylic acids is 2. The second-order valence-corrected chi connectivity index (χ2v) is 21.2. The molecular formula is C58H106N2O7P+. The van der Waals surface area contributed by atoms with Crippen LogP contribution in [0.15, 0.2) is 72.9 Å². The van der Waals surface area contributed by atoms with Crippen molar-refractivity contribution < 1.29 is 37.3 Å². The standard InChI is InChI=1S/C58H105N2O7P/c1-7-10-13-16-19-22-25-28-30-31-32-35-38-41-44-47-50-57(61)59-55(54-66-68(63,64)65-53-52-60(4,5)6)56(49-46-43-40-37-34-27-24-21-18-15-12-9-3)67-58(62)51-48-45-42-39-36-33-29-26-23-20-17-14-11-8-2/h11,14,20,23,29-33,35,46,49,55-56H,7-10,12-13,15-19,21-22,24-28,34,36-45,47-48,50-54H2,1-6H3,(H-,59,61,63,64)/p+1/b14-11+,23-20+,31-30+,33-29+,35-32+,49-46+. The fraction of sp³-hybridized carbons (Fsp3) is 0.759. The van der Waals surface area contributed by atoms with Crippen molar-refractivity contribution in [3.05, 3.63) is 72.9 Å². The predicted molar refractivity (Wildman–Crippen MR) is 291 cm³/mol. The summed E-state index contributed by atoms with van der Waals surface area (Å²) in [6.45, 7) is 6.84. The van der Waals surface area contributed by atoms with E-state index in [1.165, 1.54) is 96.3 Å². The number of nitrogens with zero attached hydrogens (tertiary/aromatic N) is 1. The molecule has 0 rings (SSSR count). The first kappa shape index (κ1) is 65.5. The van der Waals surface area contributed by atoms with Gasteiger partial charge in [-0.05, 0) is 89.5 Å². The summed E-state index contributed by atoms with van der Waals surface area (Å²) in [5.41, 5.74) is 0. The Kier molecular flexibility index (Phi) is 46.3.